The average Bonchev–Trinajstić information content (AvgIpc) is 2.81. The Morgan fingerprint density at radius 1 is 1.27 bits per heavy atom. The summed E-state index contributed by atoms with van der Waals surface area (Å²) in [5.74, 6) is -2.41. The van der Waals surface area contributed by atoms with E-state index in [1.54, 1.807) is 0 Å². The number of carboxylic acid groups (broad SMARTS) is 2. The summed E-state index contributed by atoms with van der Waals surface area (Å²) in [4.78, 5) is 19.8. The molecule has 1 aromatic carbocycles. The van der Waals surface area contributed by atoms with E-state index in [-0.39, 0.29) is 18.3 Å². The first kappa shape index (κ1) is 25.1. The van der Waals surface area contributed by atoms with Crippen molar-refractivity contribution in [2.45, 2.75) is 44.7 Å². The first-order valence-electron chi connectivity index (χ1n) is 9.33. The van der Waals surface area contributed by atoms with E-state index in [1.807, 2.05) is 6.07 Å². The largest absolute Gasteiger partial charge is 0.494 e. The van der Waals surface area contributed by atoms with Crippen LogP contribution < -0.4 is 15.8 Å². The summed E-state index contributed by atoms with van der Waals surface area (Å²) in [6.07, 6.45) is -0.248. The van der Waals surface area contributed by atoms with E-state index in [4.69, 9.17) is 30.9 Å². The van der Waals surface area contributed by atoms with Crippen molar-refractivity contribution < 1.29 is 37.7 Å². The van der Waals surface area contributed by atoms with E-state index >= 15 is 0 Å². The predicted molar refractivity (Wildman–Crippen MR) is 103 cm³/mol. The summed E-state index contributed by atoms with van der Waals surface area (Å²) in [5.41, 5.74) is 7.74. The van der Waals surface area contributed by atoms with E-state index in [0.717, 1.165) is 37.9 Å². The smallest absolute Gasteiger partial charge is 0.490 e. The molecule has 11 heteroatoms. The Kier molecular flexibility index (Phi) is 9.93. The number of carboxylic acids is 2. The third-order valence-electron chi connectivity index (χ3n) is 4.36. The second-order valence-corrected chi connectivity index (χ2v) is 6.84. The minimum absolute atomic E-state index is 0.0223. The molecule has 2 rings (SSSR count). The van der Waals surface area contributed by atoms with Crippen molar-refractivity contribution in [1.29, 1.82) is 5.41 Å². The summed E-state index contributed by atoms with van der Waals surface area (Å²) in [5, 5.41) is 25.9. The number of carbonyl (C=O) groups is 2. The van der Waals surface area contributed by atoms with E-state index in [2.05, 4.69) is 17.4 Å². The van der Waals surface area contributed by atoms with Crippen LogP contribution in [0.25, 0.3) is 0 Å². The molecule has 1 aliphatic rings. The van der Waals surface area contributed by atoms with Crippen molar-refractivity contribution in [2.75, 3.05) is 13.2 Å². The lowest BCUT2D eigenvalue weighted by Gasteiger charge is -2.13. The number of halogens is 3. The summed E-state index contributed by atoms with van der Waals surface area (Å²) < 4.78 is 37.5. The van der Waals surface area contributed by atoms with Crippen LogP contribution in [0.4, 0.5) is 13.2 Å². The van der Waals surface area contributed by atoms with Crippen molar-refractivity contribution in [1.82, 2.24) is 5.32 Å². The number of aliphatic carboxylic acids is 2. The van der Waals surface area contributed by atoms with Gasteiger partial charge in [-0.05, 0) is 61.3 Å². The van der Waals surface area contributed by atoms with E-state index in [9.17, 15) is 18.0 Å². The molecule has 0 saturated carbocycles. The van der Waals surface area contributed by atoms with Gasteiger partial charge in [-0.2, -0.15) is 13.2 Å². The zero-order valence-electron chi connectivity index (χ0n) is 16.3. The highest BCUT2D eigenvalue weighted by Gasteiger charge is 2.38. The molecule has 1 atom stereocenters. The van der Waals surface area contributed by atoms with Crippen molar-refractivity contribution in [3.8, 4) is 5.75 Å². The van der Waals surface area contributed by atoms with E-state index < -0.39 is 18.1 Å². The first-order valence-corrected chi connectivity index (χ1v) is 9.33. The highest BCUT2D eigenvalue weighted by atomic mass is 19.4. The van der Waals surface area contributed by atoms with Gasteiger partial charge in [-0.1, -0.05) is 6.07 Å². The Balaban J connectivity index is 0.000000553. The molecule has 0 amide bonds. The maximum atomic E-state index is 10.9. The Bertz CT molecular complexity index is 741. The lowest BCUT2D eigenvalue weighted by atomic mass is 9.94. The summed E-state index contributed by atoms with van der Waals surface area (Å²) >= 11 is 0. The lowest BCUT2D eigenvalue weighted by molar-refractivity contribution is -0.192. The predicted octanol–water partition coefficient (Wildman–Crippen LogP) is 2.54. The number of hydrogen-bond acceptors (Lipinski definition) is 4. The van der Waals surface area contributed by atoms with Crippen LogP contribution in [0.2, 0.25) is 0 Å². The minimum atomic E-state index is -5.08. The third-order valence-corrected chi connectivity index (χ3v) is 4.36. The van der Waals surface area contributed by atoms with Gasteiger partial charge in [-0.3, -0.25) is 10.2 Å². The molecule has 0 spiro atoms. The molecular weight excluding hydrogens is 407 g/mol. The molecule has 0 aromatic heterocycles. The number of nitrogens with one attached hydrogen (secondary N) is 2. The van der Waals surface area contributed by atoms with Crippen LogP contribution in [-0.4, -0.2) is 47.4 Å². The van der Waals surface area contributed by atoms with Gasteiger partial charge < -0.3 is 26.0 Å². The number of nitrogens with two attached hydrogens (primary N) is 1. The van der Waals surface area contributed by atoms with Crippen molar-refractivity contribution >= 4 is 17.9 Å². The molecule has 0 saturated heterocycles. The fourth-order valence-electron chi connectivity index (χ4n) is 3.02. The second kappa shape index (κ2) is 11.9. The van der Waals surface area contributed by atoms with Gasteiger partial charge in [-0.25, -0.2) is 4.79 Å². The molecule has 1 aliphatic carbocycles. The van der Waals surface area contributed by atoms with Gasteiger partial charge >= 0.3 is 18.1 Å². The number of benzene rings is 1. The Morgan fingerprint density at radius 3 is 2.50 bits per heavy atom. The summed E-state index contributed by atoms with van der Waals surface area (Å²) in [6.45, 7) is 1.19. The van der Waals surface area contributed by atoms with Crippen LogP contribution in [0, 0.1) is 11.3 Å². The van der Waals surface area contributed by atoms with Gasteiger partial charge in [0.15, 0.2) is 5.96 Å². The van der Waals surface area contributed by atoms with Crippen LogP contribution >= 0.6 is 0 Å². The van der Waals surface area contributed by atoms with Crippen molar-refractivity contribution in [3.05, 3.63) is 29.3 Å². The van der Waals surface area contributed by atoms with E-state index in [1.165, 1.54) is 11.1 Å². The van der Waals surface area contributed by atoms with Gasteiger partial charge in [0.05, 0.1) is 6.61 Å². The van der Waals surface area contributed by atoms with Gasteiger partial charge in [0.1, 0.15) is 5.75 Å². The number of hydrogen-bond donors (Lipinski definition) is 5. The molecule has 6 N–H and O–H groups in total. The molecule has 0 aliphatic heterocycles. The zero-order chi connectivity index (χ0) is 22.7. The Labute approximate surface area is 171 Å². The lowest BCUT2D eigenvalue weighted by Crippen LogP contribution is -2.31. The van der Waals surface area contributed by atoms with Gasteiger partial charge in [0.2, 0.25) is 0 Å². The quantitative estimate of drug-likeness (QED) is 0.192. The SMILES string of the molecule is N=C(N)NCCCOc1ccc2c(c1)CCCC(CC(=O)O)C2.O=C(O)C(F)(F)F. The third kappa shape index (κ3) is 9.99. The molecule has 0 radical (unpaired) electrons. The maximum Gasteiger partial charge on any atom is 0.490 e. The molecule has 168 valence electrons. The maximum absolute atomic E-state index is 10.9. The average molecular weight is 433 g/mol. The second-order valence-electron chi connectivity index (χ2n) is 6.84. The summed E-state index contributed by atoms with van der Waals surface area (Å²) in [6, 6.07) is 6.11. The number of fused-ring (bicyclic) bond motifs is 1. The van der Waals surface area contributed by atoms with Crippen LogP contribution in [0.1, 0.15) is 36.8 Å². The number of ether oxygens (including phenoxy) is 1. The van der Waals surface area contributed by atoms with Crippen molar-refractivity contribution in [3.63, 3.8) is 0 Å². The monoisotopic (exact) mass is 433 g/mol. The minimum Gasteiger partial charge on any atom is -0.494 e. The van der Waals surface area contributed by atoms with Crippen LogP contribution in [0.3, 0.4) is 0 Å². The number of guanidine groups is 1. The van der Waals surface area contributed by atoms with E-state index in [0.29, 0.717) is 13.2 Å². The molecule has 1 unspecified atom stereocenters. The normalized spacial score (nSPS) is 15.6. The highest BCUT2D eigenvalue weighted by Crippen LogP contribution is 2.29. The fraction of sp³-hybridized carbons (Fsp3) is 0.526. The summed E-state index contributed by atoms with van der Waals surface area (Å²) in [7, 11) is 0. The van der Waals surface area contributed by atoms with Crippen LogP contribution in [-0.2, 0) is 22.4 Å². The molecular formula is C19H26F3N3O5. The van der Waals surface area contributed by atoms with Gasteiger partial charge in [-0.15, -0.1) is 0 Å². The van der Waals surface area contributed by atoms with Gasteiger partial charge in [0, 0.05) is 13.0 Å². The molecule has 30 heavy (non-hydrogen) atoms. The molecule has 0 heterocycles. The molecule has 0 bridgehead atoms. The Hall–Kier alpha value is -2.98. The number of alkyl halides is 3. The molecule has 0 fully saturated rings. The highest BCUT2D eigenvalue weighted by molar-refractivity contribution is 5.74. The zero-order valence-corrected chi connectivity index (χ0v) is 16.3. The standard InChI is InChI=1S/C17H25N3O3.C2HF3O2/c18-17(19)20-7-2-8-23-15-6-5-14-9-12(10-16(21)22)3-1-4-13(14)11-15;3-2(4,5)1(6)7/h5-6,11-12H,1-4,7-10H2,(H,21,22)(H4,18,19,20);(H,6,7). The van der Waals surface area contributed by atoms with Gasteiger partial charge in [0.25, 0.3) is 0 Å². The topological polar surface area (TPSA) is 146 Å². The first-order chi connectivity index (χ1) is 14.0. The van der Waals surface area contributed by atoms with Crippen LogP contribution in [0.5, 0.6) is 5.75 Å². The van der Waals surface area contributed by atoms with Crippen LogP contribution in [0.15, 0.2) is 18.2 Å². The number of rotatable bonds is 7. The molecule has 8 nitrogen and oxygen atoms in total. The fourth-order valence-corrected chi connectivity index (χ4v) is 3.02. The molecule has 1 aromatic rings. The van der Waals surface area contributed by atoms with Crippen molar-refractivity contribution in [2.24, 2.45) is 11.7 Å². The number of aryl methyl sites for hydroxylation is 1. The Morgan fingerprint density at radius 2 is 1.93 bits per heavy atom.